The van der Waals surface area contributed by atoms with E-state index in [1.54, 1.807) is 0 Å². The van der Waals surface area contributed by atoms with Gasteiger partial charge in [-0.1, -0.05) is 0 Å². The van der Waals surface area contributed by atoms with Crippen LogP contribution in [0.1, 0.15) is 12.5 Å². The maximum absolute atomic E-state index is 12.2. The first-order valence-electron chi connectivity index (χ1n) is 2.40. The molecule has 0 aliphatic heterocycles. The van der Waals surface area contributed by atoms with Gasteiger partial charge in [0.05, 0.1) is 5.56 Å². The Hall–Kier alpha value is -0.930. The number of halogens is 2. The SMILES string of the molecule is CC(F)(F)c1[c]n[nH]c1. The average molecular weight is 131 g/mol. The molecule has 0 aliphatic carbocycles. The molecule has 0 aliphatic rings. The van der Waals surface area contributed by atoms with Gasteiger partial charge in [-0.05, 0) is 0 Å². The molecule has 0 saturated heterocycles. The smallest absolute Gasteiger partial charge is 0.274 e. The fourth-order valence-corrected chi connectivity index (χ4v) is 0.446. The molecule has 0 atom stereocenters. The van der Waals surface area contributed by atoms with E-state index in [4.69, 9.17) is 0 Å². The number of aromatic nitrogens is 2. The minimum atomic E-state index is -2.83. The third kappa shape index (κ3) is 1.25. The monoisotopic (exact) mass is 131 g/mol. The maximum Gasteiger partial charge on any atom is 0.274 e. The Kier molecular flexibility index (Phi) is 1.23. The fourth-order valence-electron chi connectivity index (χ4n) is 0.446. The Balaban J connectivity index is 2.90. The number of H-pyrrole nitrogens is 1. The standard InChI is InChI=1S/C5H5F2N2/c1-5(6,7)4-2-8-9-3-4/h2H,1H3,(H,8,9). The topological polar surface area (TPSA) is 28.7 Å². The van der Waals surface area contributed by atoms with Crippen LogP contribution in [-0.2, 0) is 5.92 Å². The number of aromatic amines is 1. The summed E-state index contributed by atoms with van der Waals surface area (Å²) in [7, 11) is 0. The summed E-state index contributed by atoms with van der Waals surface area (Å²) in [5, 5.41) is 5.51. The molecule has 2 nitrogen and oxygen atoms in total. The Bertz CT molecular complexity index is 175. The molecule has 1 aromatic rings. The van der Waals surface area contributed by atoms with Gasteiger partial charge in [-0.25, -0.2) is 8.78 Å². The van der Waals surface area contributed by atoms with Crippen LogP contribution in [0.5, 0.6) is 0 Å². The quantitative estimate of drug-likeness (QED) is 0.611. The summed E-state index contributed by atoms with van der Waals surface area (Å²) >= 11 is 0. The number of rotatable bonds is 1. The van der Waals surface area contributed by atoms with Crippen LogP contribution in [0.15, 0.2) is 6.20 Å². The number of hydrogen-bond acceptors (Lipinski definition) is 1. The summed E-state index contributed by atoms with van der Waals surface area (Å²) in [5.41, 5.74) is -0.206. The second-order valence-electron chi connectivity index (χ2n) is 1.80. The van der Waals surface area contributed by atoms with Crippen molar-refractivity contribution in [3.63, 3.8) is 0 Å². The predicted molar refractivity (Wildman–Crippen MR) is 27.0 cm³/mol. The lowest BCUT2D eigenvalue weighted by Crippen LogP contribution is -2.04. The van der Waals surface area contributed by atoms with Crippen molar-refractivity contribution in [1.82, 2.24) is 10.2 Å². The lowest BCUT2D eigenvalue weighted by Gasteiger charge is -2.03. The van der Waals surface area contributed by atoms with Crippen LogP contribution < -0.4 is 0 Å². The summed E-state index contributed by atoms with van der Waals surface area (Å²) in [4.78, 5) is 0. The molecule has 1 rings (SSSR count). The molecule has 1 N–H and O–H groups in total. The van der Waals surface area contributed by atoms with Gasteiger partial charge in [0.25, 0.3) is 5.92 Å². The summed E-state index contributed by atoms with van der Waals surface area (Å²) in [5.74, 6) is -2.83. The maximum atomic E-state index is 12.2. The van der Waals surface area contributed by atoms with E-state index < -0.39 is 5.92 Å². The zero-order valence-electron chi connectivity index (χ0n) is 4.78. The third-order valence-corrected chi connectivity index (χ3v) is 0.923. The van der Waals surface area contributed by atoms with E-state index in [1.807, 2.05) is 0 Å². The first-order valence-corrected chi connectivity index (χ1v) is 2.40. The van der Waals surface area contributed by atoms with Crippen molar-refractivity contribution in [3.8, 4) is 0 Å². The molecule has 0 amide bonds. The lowest BCUT2D eigenvalue weighted by atomic mass is 10.2. The Labute approximate surface area is 50.9 Å². The van der Waals surface area contributed by atoms with Crippen molar-refractivity contribution >= 4 is 0 Å². The molecule has 0 fully saturated rings. The minimum absolute atomic E-state index is 0.206. The van der Waals surface area contributed by atoms with E-state index in [9.17, 15) is 8.78 Å². The van der Waals surface area contributed by atoms with Crippen molar-refractivity contribution in [2.45, 2.75) is 12.8 Å². The minimum Gasteiger partial charge on any atom is -0.285 e. The molecule has 0 unspecified atom stereocenters. The van der Waals surface area contributed by atoms with Crippen LogP contribution in [0.25, 0.3) is 0 Å². The Morgan fingerprint density at radius 2 is 2.44 bits per heavy atom. The second-order valence-corrected chi connectivity index (χ2v) is 1.80. The largest absolute Gasteiger partial charge is 0.285 e. The molecule has 1 aromatic heterocycles. The molecular formula is C5H5F2N2. The van der Waals surface area contributed by atoms with Crippen molar-refractivity contribution in [1.29, 1.82) is 0 Å². The molecule has 0 saturated carbocycles. The van der Waals surface area contributed by atoms with E-state index in [1.165, 1.54) is 0 Å². The molecule has 1 heterocycles. The highest BCUT2D eigenvalue weighted by Gasteiger charge is 2.25. The summed E-state index contributed by atoms with van der Waals surface area (Å²) < 4.78 is 24.4. The van der Waals surface area contributed by atoms with Gasteiger partial charge in [-0.15, -0.1) is 0 Å². The van der Waals surface area contributed by atoms with E-state index in [0.29, 0.717) is 0 Å². The number of nitrogens with one attached hydrogen (secondary N) is 1. The second kappa shape index (κ2) is 1.79. The Morgan fingerprint density at radius 1 is 1.78 bits per heavy atom. The zero-order valence-corrected chi connectivity index (χ0v) is 4.78. The van der Waals surface area contributed by atoms with Crippen molar-refractivity contribution in [2.75, 3.05) is 0 Å². The van der Waals surface area contributed by atoms with E-state index in [0.717, 1.165) is 13.1 Å². The molecule has 4 heteroatoms. The van der Waals surface area contributed by atoms with Gasteiger partial charge in [0.15, 0.2) is 0 Å². The number of hydrogen-bond donors (Lipinski definition) is 1. The molecule has 9 heavy (non-hydrogen) atoms. The van der Waals surface area contributed by atoms with Crippen LogP contribution in [0.2, 0.25) is 0 Å². The number of nitrogens with zero attached hydrogens (tertiary/aromatic N) is 1. The van der Waals surface area contributed by atoms with Gasteiger partial charge >= 0.3 is 0 Å². The fraction of sp³-hybridized carbons (Fsp3) is 0.400. The van der Waals surface area contributed by atoms with Crippen molar-refractivity contribution in [2.24, 2.45) is 0 Å². The molecule has 1 radical (unpaired) electrons. The first kappa shape index (κ1) is 6.19. The first-order chi connectivity index (χ1) is 4.11. The van der Waals surface area contributed by atoms with E-state index in [2.05, 4.69) is 16.4 Å². The van der Waals surface area contributed by atoms with Crippen LogP contribution in [0, 0.1) is 6.20 Å². The van der Waals surface area contributed by atoms with Crippen molar-refractivity contribution in [3.05, 3.63) is 18.0 Å². The highest BCUT2D eigenvalue weighted by atomic mass is 19.3. The van der Waals surface area contributed by atoms with Gasteiger partial charge in [0.1, 0.15) is 6.20 Å². The molecule has 49 valence electrons. The Morgan fingerprint density at radius 3 is 2.67 bits per heavy atom. The molecule has 0 bridgehead atoms. The van der Waals surface area contributed by atoms with Crippen LogP contribution >= 0.6 is 0 Å². The highest BCUT2D eigenvalue weighted by molar-refractivity contribution is 5.07. The van der Waals surface area contributed by atoms with Gasteiger partial charge < -0.3 is 0 Å². The molecule has 0 aromatic carbocycles. The lowest BCUT2D eigenvalue weighted by molar-refractivity contribution is 0.0172. The molecular weight excluding hydrogens is 126 g/mol. The van der Waals surface area contributed by atoms with Crippen LogP contribution in [0.3, 0.4) is 0 Å². The summed E-state index contributed by atoms with van der Waals surface area (Å²) in [6.07, 6.45) is 3.25. The van der Waals surface area contributed by atoms with Gasteiger partial charge in [0.2, 0.25) is 0 Å². The van der Waals surface area contributed by atoms with Gasteiger partial charge in [0, 0.05) is 13.1 Å². The van der Waals surface area contributed by atoms with E-state index >= 15 is 0 Å². The van der Waals surface area contributed by atoms with Crippen LogP contribution in [0.4, 0.5) is 8.78 Å². The third-order valence-electron chi connectivity index (χ3n) is 0.923. The van der Waals surface area contributed by atoms with Gasteiger partial charge in [-0.3, -0.25) is 5.10 Å². The summed E-state index contributed by atoms with van der Waals surface area (Å²) in [6, 6.07) is 0. The average Bonchev–Trinajstić information content (AvgIpc) is 2.08. The highest BCUT2D eigenvalue weighted by Crippen LogP contribution is 2.24. The van der Waals surface area contributed by atoms with Crippen molar-refractivity contribution < 1.29 is 8.78 Å². The van der Waals surface area contributed by atoms with Gasteiger partial charge in [-0.2, -0.15) is 5.10 Å². The van der Waals surface area contributed by atoms with Crippen LogP contribution in [-0.4, -0.2) is 10.2 Å². The molecule has 0 spiro atoms. The zero-order chi connectivity index (χ0) is 6.91. The summed E-state index contributed by atoms with van der Waals surface area (Å²) in [6.45, 7) is 0.800. The predicted octanol–water partition coefficient (Wildman–Crippen LogP) is 1.32. The normalized spacial score (nSPS) is 11.9. The van der Waals surface area contributed by atoms with E-state index in [-0.39, 0.29) is 5.56 Å². The number of alkyl halides is 2.